The first-order chi connectivity index (χ1) is 14.0. The highest BCUT2D eigenvalue weighted by molar-refractivity contribution is 7.09. The number of rotatable bonds is 5. The second-order valence-electron chi connectivity index (χ2n) is 7.20. The van der Waals surface area contributed by atoms with Crippen molar-refractivity contribution in [2.75, 3.05) is 18.0 Å². The summed E-state index contributed by atoms with van der Waals surface area (Å²) in [6, 6.07) is 4.87. The predicted molar refractivity (Wildman–Crippen MR) is 108 cm³/mol. The molecule has 1 aliphatic rings. The van der Waals surface area contributed by atoms with Gasteiger partial charge in [-0.1, -0.05) is 5.16 Å². The molecule has 1 atom stereocenters. The van der Waals surface area contributed by atoms with E-state index in [0.29, 0.717) is 42.6 Å². The van der Waals surface area contributed by atoms with Gasteiger partial charge in [-0.15, -0.1) is 11.3 Å². The maximum absolute atomic E-state index is 14.8. The molecule has 1 unspecified atom stereocenters. The van der Waals surface area contributed by atoms with E-state index in [1.165, 1.54) is 17.4 Å². The Morgan fingerprint density at radius 1 is 1.38 bits per heavy atom. The zero-order valence-corrected chi connectivity index (χ0v) is 17.1. The normalized spacial score (nSPS) is 16.8. The summed E-state index contributed by atoms with van der Waals surface area (Å²) < 4.78 is 19.9. The molecule has 29 heavy (non-hydrogen) atoms. The summed E-state index contributed by atoms with van der Waals surface area (Å²) in [7, 11) is 0. The second kappa shape index (κ2) is 8.28. The van der Waals surface area contributed by atoms with Gasteiger partial charge in [0.1, 0.15) is 10.8 Å². The quantitative estimate of drug-likeness (QED) is 0.687. The van der Waals surface area contributed by atoms with Gasteiger partial charge in [0, 0.05) is 29.7 Å². The zero-order valence-electron chi connectivity index (χ0n) is 16.3. The molecule has 7 nitrogen and oxygen atoms in total. The van der Waals surface area contributed by atoms with Gasteiger partial charge in [-0.3, -0.25) is 4.79 Å². The molecule has 3 heterocycles. The molecule has 1 fully saturated rings. The summed E-state index contributed by atoms with van der Waals surface area (Å²) in [5.74, 6) is 0.240. The van der Waals surface area contributed by atoms with E-state index in [2.05, 4.69) is 20.4 Å². The minimum atomic E-state index is -0.363. The summed E-state index contributed by atoms with van der Waals surface area (Å²) in [4.78, 5) is 23.0. The van der Waals surface area contributed by atoms with Crippen molar-refractivity contribution in [3.8, 4) is 11.5 Å². The highest BCUT2D eigenvalue weighted by Gasteiger charge is 2.27. The molecule has 2 aromatic heterocycles. The maximum atomic E-state index is 14.8. The number of thiazole rings is 1. The van der Waals surface area contributed by atoms with Gasteiger partial charge in [-0.25, -0.2) is 9.37 Å². The van der Waals surface area contributed by atoms with Crippen LogP contribution in [0.4, 0.5) is 10.1 Å². The van der Waals surface area contributed by atoms with Crippen LogP contribution < -0.4 is 10.2 Å². The number of benzene rings is 1. The van der Waals surface area contributed by atoms with Crippen LogP contribution in [0.5, 0.6) is 0 Å². The molecule has 1 aliphatic heterocycles. The lowest BCUT2D eigenvalue weighted by Crippen LogP contribution is -2.43. The number of piperidine rings is 1. The van der Waals surface area contributed by atoms with Gasteiger partial charge in [0.05, 0.1) is 18.2 Å². The molecule has 9 heteroatoms. The van der Waals surface area contributed by atoms with E-state index >= 15 is 0 Å². The number of aryl methyl sites for hydroxylation is 2. The fourth-order valence-corrected chi connectivity index (χ4v) is 4.22. The van der Waals surface area contributed by atoms with E-state index < -0.39 is 0 Å². The molecule has 0 radical (unpaired) electrons. The van der Waals surface area contributed by atoms with Gasteiger partial charge in [0.2, 0.25) is 5.91 Å². The Kier molecular flexibility index (Phi) is 5.57. The van der Waals surface area contributed by atoms with Crippen molar-refractivity contribution in [3.05, 3.63) is 45.9 Å². The highest BCUT2D eigenvalue weighted by Crippen LogP contribution is 2.29. The van der Waals surface area contributed by atoms with Crippen LogP contribution in [0.15, 0.2) is 28.1 Å². The topological polar surface area (TPSA) is 84.2 Å². The molecule has 152 valence electrons. The number of nitrogens with one attached hydrogen (secondary N) is 1. The molecule has 1 aromatic carbocycles. The number of nitrogens with zero attached hydrogens (tertiary/aromatic N) is 4. The number of hydrogen-bond acceptors (Lipinski definition) is 7. The third kappa shape index (κ3) is 4.45. The monoisotopic (exact) mass is 415 g/mol. The Bertz CT molecular complexity index is 1020. The number of carbonyl (C=O) groups excluding carboxylic acids is 1. The molecule has 3 aromatic rings. The number of aromatic nitrogens is 3. The molecular formula is C20H22FN5O2S. The van der Waals surface area contributed by atoms with Crippen LogP contribution in [0.2, 0.25) is 0 Å². The summed E-state index contributed by atoms with van der Waals surface area (Å²) >= 11 is 1.54. The predicted octanol–water partition coefficient (Wildman–Crippen LogP) is 3.48. The van der Waals surface area contributed by atoms with Gasteiger partial charge in [0.25, 0.3) is 5.89 Å². The number of halogens is 1. The van der Waals surface area contributed by atoms with E-state index in [9.17, 15) is 9.18 Å². The van der Waals surface area contributed by atoms with Gasteiger partial charge in [0.15, 0.2) is 5.82 Å². The molecule has 0 saturated carbocycles. The molecular weight excluding hydrogens is 393 g/mol. The molecule has 0 bridgehead atoms. The van der Waals surface area contributed by atoms with Crippen LogP contribution >= 0.6 is 11.3 Å². The average molecular weight is 415 g/mol. The van der Waals surface area contributed by atoms with Crippen LogP contribution in [-0.4, -0.2) is 34.1 Å². The zero-order chi connectivity index (χ0) is 20.4. The van der Waals surface area contributed by atoms with E-state index in [4.69, 9.17) is 4.52 Å². The van der Waals surface area contributed by atoms with Gasteiger partial charge < -0.3 is 14.7 Å². The van der Waals surface area contributed by atoms with Crippen molar-refractivity contribution in [2.45, 2.75) is 33.2 Å². The SMILES string of the molecule is Cc1csc(CNC(=O)C2CCCN(c3ccc(-c4nc(C)no4)cc3F)C2)n1. The van der Waals surface area contributed by atoms with Crippen molar-refractivity contribution in [3.63, 3.8) is 0 Å². The summed E-state index contributed by atoms with van der Waals surface area (Å²) in [5.41, 5.74) is 1.98. The summed E-state index contributed by atoms with van der Waals surface area (Å²) in [5, 5.41) is 9.55. The number of amides is 1. The molecule has 1 N–H and O–H groups in total. The van der Waals surface area contributed by atoms with Crippen LogP contribution in [-0.2, 0) is 11.3 Å². The Morgan fingerprint density at radius 2 is 2.24 bits per heavy atom. The van der Waals surface area contributed by atoms with Crippen molar-refractivity contribution in [1.82, 2.24) is 20.4 Å². The minimum absolute atomic E-state index is 0.0130. The van der Waals surface area contributed by atoms with Crippen LogP contribution in [0.1, 0.15) is 29.4 Å². The lowest BCUT2D eigenvalue weighted by Gasteiger charge is -2.34. The van der Waals surface area contributed by atoms with Gasteiger partial charge in [-0.2, -0.15) is 4.98 Å². The fraction of sp³-hybridized carbons (Fsp3) is 0.400. The summed E-state index contributed by atoms with van der Waals surface area (Å²) in [6.45, 7) is 5.27. The Morgan fingerprint density at radius 3 is 2.93 bits per heavy atom. The minimum Gasteiger partial charge on any atom is -0.368 e. The Hall–Kier alpha value is -2.81. The Balaban J connectivity index is 1.41. The van der Waals surface area contributed by atoms with Crippen molar-refractivity contribution >= 4 is 22.9 Å². The lowest BCUT2D eigenvalue weighted by atomic mass is 9.96. The van der Waals surface area contributed by atoms with Crippen LogP contribution in [0.25, 0.3) is 11.5 Å². The standard InChI is InChI=1S/C20H22FN5O2S/c1-12-11-29-18(23-12)9-22-19(27)15-4-3-7-26(10-15)17-6-5-14(8-16(17)21)20-24-13(2)25-28-20/h5-6,8,11,15H,3-4,7,9-10H2,1-2H3,(H,22,27). The highest BCUT2D eigenvalue weighted by atomic mass is 32.1. The lowest BCUT2D eigenvalue weighted by molar-refractivity contribution is -0.125. The largest absolute Gasteiger partial charge is 0.368 e. The average Bonchev–Trinajstić information content (AvgIpc) is 3.34. The third-order valence-electron chi connectivity index (χ3n) is 4.94. The van der Waals surface area contributed by atoms with Gasteiger partial charge >= 0.3 is 0 Å². The first kappa shape index (κ1) is 19.5. The molecule has 1 amide bonds. The number of carbonyl (C=O) groups is 1. The maximum Gasteiger partial charge on any atom is 0.258 e. The smallest absolute Gasteiger partial charge is 0.258 e. The first-order valence-electron chi connectivity index (χ1n) is 9.53. The van der Waals surface area contributed by atoms with E-state index in [1.807, 2.05) is 17.2 Å². The van der Waals surface area contributed by atoms with E-state index in [1.54, 1.807) is 19.1 Å². The van der Waals surface area contributed by atoms with E-state index in [0.717, 1.165) is 23.5 Å². The third-order valence-corrected chi connectivity index (χ3v) is 5.90. The van der Waals surface area contributed by atoms with Crippen molar-refractivity contribution in [1.29, 1.82) is 0 Å². The molecule has 1 saturated heterocycles. The van der Waals surface area contributed by atoms with Crippen LogP contribution in [0.3, 0.4) is 0 Å². The molecule has 0 spiro atoms. The fourth-order valence-electron chi connectivity index (χ4n) is 3.51. The summed E-state index contributed by atoms with van der Waals surface area (Å²) in [6.07, 6.45) is 1.62. The van der Waals surface area contributed by atoms with Crippen molar-refractivity contribution in [2.24, 2.45) is 5.92 Å². The first-order valence-corrected chi connectivity index (χ1v) is 10.4. The Labute approximate surface area is 172 Å². The molecule has 0 aliphatic carbocycles. The second-order valence-corrected chi connectivity index (χ2v) is 8.14. The number of anilines is 1. The van der Waals surface area contributed by atoms with Gasteiger partial charge in [-0.05, 0) is 44.9 Å². The van der Waals surface area contributed by atoms with Crippen molar-refractivity contribution < 1.29 is 13.7 Å². The number of hydrogen-bond donors (Lipinski definition) is 1. The molecule has 4 rings (SSSR count). The van der Waals surface area contributed by atoms with Crippen LogP contribution in [0, 0.1) is 25.6 Å². The van der Waals surface area contributed by atoms with E-state index in [-0.39, 0.29) is 17.6 Å².